The largest absolute Gasteiger partial charge is 0.385 e. The highest BCUT2D eigenvalue weighted by Crippen LogP contribution is 1.89. The topological polar surface area (TPSA) is 37.3 Å². The lowest BCUT2D eigenvalue weighted by Crippen LogP contribution is -2.16. The second-order valence-corrected chi connectivity index (χ2v) is 1.38. The lowest BCUT2D eigenvalue weighted by molar-refractivity contribution is -0.120. The van der Waals surface area contributed by atoms with Crippen molar-refractivity contribution in [3.8, 4) is 0 Å². The average Bonchev–Trinajstić information content (AvgIpc) is 1.84. The minimum atomic E-state index is -0.965. The predicted octanol–water partition coefficient (Wildman–Crippen LogP) is 0.327. The normalized spacial score (nSPS) is 12.8. The van der Waals surface area contributed by atoms with E-state index in [-0.39, 0.29) is 5.78 Å². The van der Waals surface area contributed by atoms with Crippen molar-refractivity contribution in [3.63, 3.8) is 0 Å². The number of hydrogen-bond donors (Lipinski definition) is 1. The van der Waals surface area contributed by atoms with Crippen LogP contribution in [-0.4, -0.2) is 17.0 Å². The molecular weight excluding hydrogens is 104 g/mol. The molecule has 0 aromatic carbocycles. The van der Waals surface area contributed by atoms with Crippen LogP contribution in [0.25, 0.3) is 0 Å². The smallest absolute Gasteiger partial charge is 0.183 e. The molecule has 0 spiro atoms. The zero-order chi connectivity index (χ0) is 6.57. The van der Waals surface area contributed by atoms with Gasteiger partial charge in [0, 0.05) is 0 Å². The van der Waals surface area contributed by atoms with Crippen LogP contribution in [0.1, 0.15) is 6.92 Å². The predicted molar refractivity (Wildman–Crippen MR) is 31.2 cm³/mol. The molecule has 0 rings (SSSR count). The van der Waals surface area contributed by atoms with Gasteiger partial charge < -0.3 is 5.11 Å². The van der Waals surface area contributed by atoms with Gasteiger partial charge in [-0.05, 0) is 12.5 Å². The molecule has 8 heavy (non-hydrogen) atoms. The Morgan fingerprint density at radius 3 is 2.50 bits per heavy atom. The van der Waals surface area contributed by atoms with E-state index in [0.29, 0.717) is 0 Å². The highest BCUT2D eigenvalue weighted by atomic mass is 16.3. The van der Waals surface area contributed by atoms with E-state index in [1.807, 2.05) is 0 Å². The first-order valence-electron chi connectivity index (χ1n) is 2.36. The summed E-state index contributed by atoms with van der Waals surface area (Å²) in [5, 5.41) is 8.65. The van der Waals surface area contributed by atoms with Crippen LogP contribution in [0.2, 0.25) is 0 Å². The fourth-order valence-corrected chi connectivity index (χ4v) is 0.285. The lowest BCUT2D eigenvalue weighted by atomic mass is 10.2. The van der Waals surface area contributed by atoms with Gasteiger partial charge in [-0.25, -0.2) is 0 Å². The van der Waals surface area contributed by atoms with Gasteiger partial charge in [0.25, 0.3) is 0 Å². The molecule has 1 unspecified atom stereocenters. The van der Waals surface area contributed by atoms with Gasteiger partial charge in [-0.3, -0.25) is 4.79 Å². The van der Waals surface area contributed by atoms with Crippen LogP contribution in [-0.2, 0) is 4.79 Å². The Morgan fingerprint density at radius 2 is 2.38 bits per heavy atom. The summed E-state index contributed by atoms with van der Waals surface area (Å²) in [6.45, 7) is 4.82. The summed E-state index contributed by atoms with van der Waals surface area (Å²) >= 11 is 0. The second-order valence-electron chi connectivity index (χ2n) is 1.38. The third-order valence-corrected chi connectivity index (χ3v) is 0.808. The number of aliphatic hydroxyl groups is 1. The first-order chi connectivity index (χ1) is 3.72. The van der Waals surface area contributed by atoms with Crippen molar-refractivity contribution in [2.24, 2.45) is 0 Å². The summed E-state index contributed by atoms with van der Waals surface area (Å²) in [5.74, 6) is -0.354. The molecule has 1 atom stereocenters. The fourth-order valence-electron chi connectivity index (χ4n) is 0.285. The molecule has 45 valence electrons. The molecule has 1 radical (unpaired) electrons. The number of rotatable bonds is 3. The molecule has 0 aliphatic carbocycles. The molecule has 0 fully saturated rings. The highest BCUT2D eigenvalue weighted by Gasteiger charge is 2.06. The number of hydrogen-bond acceptors (Lipinski definition) is 2. The maximum Gasteiger partial charge on any atom is 0.183 e. The molecule has 0 heterocycles. The van der Waals surface area contributed by atoms with E-state index in [9.17, 15) is 4.79 Å². The Morgan fingerprint density at radius 1 is 1.88 bits per heavy atom. The number of carbonyl (C=O) groups is 1. The minimum Gasteiger partial charge on any atom is -0.385 e. The summed E-state index contributed by atoms with van der Waals surface area (Å²) in [4.78, 5) is 10.3. The zero-order valence-electron chi connectivity index (χ0n) is 4.79. The maximum atomic E-state index is 10.3. The molecule has 0 aliphatic heterocycles. The van der Waals surface area contributed by atoms with Gasteiger partial charge in [0.15, 0.2) is 5.78 Å². The van der Waals surface area contributed by atoms with Crippen molar-refractivity contribution in [1.82, 2.24) is 0 Å². The minimum absolute atomic E-state index is 0.354. The van der Waals surface area contributed by atoms with E-state index in [2.05, 4.69) is 6.58 Å². The molecule has 2 heteroatoms. The molecule has 0 aromatic heterocycles. The summed E-state index contributed by atoms with van der Waals surface area (Å²) in [7, 11) is 0. The van der Waals surface area contributed by atoms with Gasteiger partial charge in [-0.15, -0.1) is 0 Å². The Labute approximate surface area is 48.8 Å². The van der Waals surface area contributed by atoms with Gasteiger partial charge in [0.1, 0.15) is 6.10 Å². The van der Waals surface area contributed by atoms with Crippen molar-refractivity contribution in [2.45, 2.75) is 13.0 Å². The van der Waals surface area contributed by atoms with Gasteiger partial charge in [-0.2, -0.15) is 0 Å². The SMILES string of the molecule is C=CC(=O)C(O)[CH]C. The molecule has 0 amide bonds. The zero-order valence-corrected chi connectivity index (χ0v) is 4.79. The van der Waals surface area contributed by atoms with Crippen molar-refractivity contribution in [1.29, 1.82) is 0 Å². The summed E-state index contributed by atoms with van der Waals surface area (Å²) in [6, 6.07) is 0. The standard InChI is InChI=1S/C6H9O2/c1-3-5(7)6(8)4-2/h3-4,6,8H,1H2,2H3. The van der Waals surface area contributed by atoms with Crippen molar-refractivity contribution in [3.05, 3.63) is 19.1 Å². The number of ketones is 1. The quantitative estimate of drug-likeness (QED) is 0.535. The van der Waals surface area contributed by atoms with Crippen molar-refractivity contribution in [2.75, 3.05) is 0 Å². The molecule has 1 N–H and O–H groups in total. The van der Waals surface area contributed by atoms with Gasteiger partial charge >= 0.3 is 0 Å². The Balaban J connectivity index is 3.62. The van der Waals surface area contributed by atoms with E-state index in [1.54, 1.807) is 6.92 Å². The van der Waals surface area contributed by atoms with Crippen LogP contribution in [0.15, 0.2) is 12.7 Å². The van der Waals surface area contributed by atoms with E-state index in [0.717, 1.165) is 6.08 Å². The molecule has 0 saturated carbocycles. The molecule has 0 saturated heterocycles. The second kappa shape index (κ2) is 3.38. The Kier molecular flexibility index (Phi) is 3.12. The molecule has 2 nitrogen and oxygen atoms in total. The van der Waals surface area contributed by atoms with E-state index < -0.39 is 6.10 Å². The van der Waals surface area contributed by atoms with Crippen LogP contribution >= 0.6 is 0 Å². The van der Waals surface area contributed by atoms with Gasteiger partial charge in [0.2, 0.25) is 0 Å². The van der Waals surface area contributed by atoms with Gasteiger partial charge in [-0.1, -0.05) is 13.5 Å². The van der Waals surface area contributed by atoms with Crippen LogP contribution < -0.4 is 0 Å². The monoisotopic (exact) mass is 113 g/mol. The fraction of sp³-hybridized carbons (Fsp3) is 0.333. The van der Waals surface area contributed by atoms with Crippen LogP contribution in [0, 0.1) is 6.42 Å². The first kappa shape index (κ1) is 7.37. The molecule has 0 aromatic rings. The molecule has 0 bridgehead atoms. The summed E-state index contributed by atoms with van der Waals surface area (Å²) in [6.07, 6.45) is 1.54. The van der Waals surface area contributed by atoms with E-state index in [1.165, 1.54) is 6.42 Å². The van der Waals surface area contributed by atoms with E-state index in [4.69, 9.17) is 5.11 Å². The molecule has 0 aliphatic rings. The Bertz CT molecular complexity index is 96.7. The number of carbonyl (C=O) groups excluding carboxylic acids is 1. The van der Waals surface area contributed by atoms with Crippen LogP contribution in [0.3, 0.4) is 0 Å². The maximum absolute atomic E-state index is 10.3. The first-order valence-corrected chi connectivity index (χ1v) is 2.36. The summed E-state index contributed by atoms with van der Waals surface area (Å²) in [5.41, 5.74) is 0. The van der Waals surface area contributed by atoms with Crippen LogP contribution in [0.5, 0.6) is 0 Å². The third kappa shape index (κ3) is 1.89. The molecular formula is C6H9O2. The van der Waals surface area contributed by atoms with Gasteiger partial charge in [0.05, 0.1) is 0 Å². The summed E-state index contributed by atoms with van der Waals surface area (Å²) < 4.78 is 0. The van der Waals surface area contributed by atoms with Crippen LogP contribution in [0.4, 0.5) is 0 Å². The van der Waals surface area contributed by atoms with Crippen molar-refractivity contribution < 1.29 is 9.90 Å². The lowest BCUT2D eigenvalue weighted by Gasteiger charge is -1.98. The number of aliphatic hydroxyl groups excluding tert-OH is 1. The van der Waals surface area contributed by atoms with Crippen molar-refractivity contribution >= 4 is 5.78 Å². The highest BCUT2D eigenvalue weighted by molar-refractivity contribution is 5.93. The average molecular weight is 113 g/mol. The Hall–Kier alpha value is -0.630. The third-order valence-electron chi connectivity index (χ3n) is 0.808. The van der Waals surface area contributed by atoms with E-state index >= 15 is 0 Å².